The summed E-state index contributed by atoms with van der Waals surface area (Å²) in [7, 11) is 0. The molecule has 5 heteroatoms. The Bertz CT molecular complexity index is 704. The van der Waals surface area contributed by atoms with Gasteiger partial charge in [0.15, 0.2) is 0 Å². The zero-order chi connectivity index (χ0) is 14.0. The molecule has 0 aliphatic rings. The second-order valence-corrected chi connectivity index (χ2v) is 4.35. The number of nitrogens with zero attached hydrogens (tertiary/aromatic N) is 1. The minimum absolute atomic E-state index is 0.297. The van der Waals surface area contributed by atoms with E-state index in [0.29, 0.717) is 33.0 Å². The van der Waals surface area contributed by atoms with E-state index in [1.165, 1.54) is 6.07 Å². The number of hydrogen-bond donors (Lipinski definition) is 2. The smallest absolute Gasteiger partial charge is 0.249 e. The van der Waals surface area contributed by atoms with E-state index in [-0.39, 0.29) is 0 Å². The summed E-state index contributed by atoms with van der Waals surface area (Å²) in [6.07, 6.45) is 0. The van der Waals surface area contributed by atoms with Gasteiger partial charge < -0.3 is 11.5 Å². The van der Waals surface area contributed by atoms with E-state index in [9.17, 15) is 4.79 Å². The molecule has 2 rings (SSSR count). The Morgan fingerprint density at radius 2 is 1.89 bits per heavy atom. The molecular formula is C14H10ClN3O. The van der Waals surface area contributed by atoms with Gasteiger partial charge in [-0.1, -0.05) is 29.8 Å². The zero-order valence-corrected chi connectivity index (χ0v) is 10.6. The SMILES string of the molecule is N#Cc1cc(Cl)c(-c2ccccc2C(N)=O)cc1N. The highest BCUT2D eigenvalue weighted by atomic mass is 35.5. The molecule has 4 nitrogen and oxygen atoms in total. The molecule has 94 valence electrons. The van der Waals surface area contributed by atoms with Crippen LogP contribution in [-0.4, -0.2) is 5.91 Å². The predicted molar refractivity (Wildman–Crippen MR) is 74.5 cm³/mol. The minimum atomic E-state index is -0.547. The Labute approximate surface area is 115 Å². The summed E-state index contributed by atoms with van der Waals surface area (Å²) in [6.45, 7) is 0. The molecule has 2 aromatic rings. The Morgan fingerprint density at radius 1 is 1.21 bits per heavy atom. The summed E-state index contributed by atoms with van der Waals surface area (Å²) >= 11 is 6.13. The highest BCUT2D eigenvalue weighted by molar-refractivity contribution is 6.33. The van der Waals surface area contributed by atoms with Crippen LogP contribution in [0, 0.1) is 11.3 Å². The van der Waals surface area contributed by atoms with E-state index >= 15 is 0 Å². The van der Waals surface area contributed by atoms with Crippen LogP contribution in [0.5, 0.6) is 0 Å². The maximum atomic E-state index is 11.4. The molecule has 0 saturated heterocycles. The van der Waals surface area contributed by atoms with Gasteiger partial charge in [-0.05, 0) is 23.8 Å². The van der Waals surface area contributed by atoms with Gasteiger partial charge in [0.25, 0.3) is 0 Å². The summed E-state index contributed by atoms with van der Waals surface area (Å²) in [5.74, 6) is -0.547. The van der Waals surface area contributed by atoms with Gasteiger partial charge in [0.1, 0.15) is 6.07 Å². The number of hydrogen-bond acceptors (Lipinski definition) is 3. The van der Waals surface area contributed by atoms with Crippen molar-refractivity contribution in [3.63, 3.8) is 0 Å². The lowest BCUT2D eigenvalue weighted by Crippen LogP contribution is -2.12. The minimum Gasteiger partial charge on any atom is -0.398 e. The zero-order valence-electron chi connectivity index (χ0n) is 9.85. The lowest BCUT2D eigenvalue weighted by molar-refractivity contribution is 0.100. The number of nitriles is 1. The molecule has 0 spiro atoms. The van der Waals surface area contributed by atoms with Gasteiger partial charge in [-0.3, -0.25) is 4.79 Å². The Hall–Kier alpha value is -2.51. The van der Waals surface area contributed by atoms with Crippen molar-refractivity contribution in [1.82, 2.24) is 0 Å². The standard InChI is InChI=1S/C14H10ClN3O/c15-12-5-8(7-16)13(17)6-11(12)9-3-1-2-4-10(9)14(18)19/h1-6H,17H2,(H2,18,19). The van der Waals surface area contributed by atoms with Crippen molar-refractivity contribution < 1.29 is 4.79 Å². The predicted octanol–water partition coefficient (Wildman–Crippen LogP) is 2.56. The number of anilines is 1. The number of primary amides is 1. The largest absolute Gasteiger partial charge is 0.398 e. The van der Waals surface area contributed by atoms with E-state index in [0.717, 1.165) is 0 Å². The molecule has 0 heterocycles. The first-order valence-electron chi connectivity index (χ1n) is 5.43. The van der Waals surface area contributed by atoms with E-state index in [1.807, 2.05) is 6.07 Å². The van der Waals surface area contributed by atoms with Crippen LogP contribution in [0.15, 0.2) is 36.4 Å². The van der Waals surface area contributed by atoms with E-state index in [2.05, 4.69) is 0 Å². The van der Waals surface area contributed by atoms with Gasteiger partial charge >= 0.3 is 0 Å². The molecule has 0 unspecified atom stereocenters. The molecule has 4 N–H and O–H groups in total. The second-order valence-electron chi connectivity index (χ2n) is 3.94. The summed E-state index contributed by atoms with van der Waals surface area (Å²) in [5, 5.41) is 9.23. The number of rotatable bonds is 2. The van der Waals surface area contributed by atoms with Crippen LogP contribution in [0.25, 0.3) is 11.1 Å². The average Bonchev–Trinajstić information content (AvgIpc) is 2.40. The molecular weight excluding hydrogens is 262 g/mol. The van der Waals surface area contributed by atoms with Crippen LogP contribution in [-0.2, 0) is 0 Å². The fraction of sp³-hybridized carbons (Fsp3) is 0. The van der Waals surface area contributed by atoms with Crippen molar-refractivity contribution in [3.8, 4) is 17.2 Å². The van der Waals surface area contributed by atoms with Crippen molar-refractivity contribution in [3.05, 3.63) is 52.5 Å². The van der Waals surface area contributed by atoms with Gasteiger partial charge in [0.2, 0.25) is 5.91 Å². The number of nitrogens with two attached hydrogens (primary N) is 2. The quantitative estimate of drug-likeness (QED) is 0.822. The van der Waals surface area contributed by atoms with E-state index in [4.69, 9.17) is 28.3 Å². The number of halogens is 1. The average molecular weight is 272 g/mol. The monoisotopic (exact) mass is 271 g/mol. The molecule has 0 bridgehead atoms. The Balaban J connectivity index is 2.70. The maximum absolute atomic E-state index is 11.4. The van der Waals surface area contributed by atoms with E-state index < -0.39 is 5.91 Å². The lowest BCUT2D eigenvalue weighted by atomic mass is 9.97. The first kappa shape index (κ1) is 12.9. The molecule has 1 amide bonds. The number of carbonyl (C=O) groups excluding carboxylic acids is 1. The van der Waals surface area contributed by atoms with Gasteiger partial charge in [0.05, 0.1) is 11.3 Å². The van der Waals surface area contributed by atoms with Crippen LogP contribution < -0.4 is 11.5 Å². The fourth-order valence-electron chi connectivity index (χ4n) is 1.83. The molecule has 0 aromatic heterocycles. The molecule has 0 fully saturated rings. The van der Waals surface area contributed by atoms with Crippen LogP contribution in [0.2, 0.25) is 5.02 Å². The summed E-state index contributed by atoms with van der Waals surface area (Å²) in [5.41, 5.74) is 13.2. The van der Waals surface area contributed by atoms with Gasteiger partial charge in [-0.2, -0.15) is 5.26 Å². The number of nitrogen functional groups attached to an aromatic ring is 1. The number of amides is 1. The first-order chi connectivity index (χ1) is 9.04. The highest BCUT2D eigenvalue weighted by Gasteiger charge is 2.14. The molecule has 0 radical (unpaired) electrons. The van der Waals surface area contributed by atoms with Gasteiger partial charge in [0, 0.05) is 16.1 Å². The summed E-state index contributed by atoms with van der Waals surface area (Å²) < 4.78 is 0. The third-order valence-electron chi connectivity index (χ3n) is 2.74. The maximum Gasteiger partial charge on any atom is 0.249 e. The third kappa shape index (κ3) is 2.37. The van der Waals surface area contributed by atoms with Crippen molar-refractivity contribution in [2.24, 2.45) is 5.73 Å². The summed E-state index contributed by atoms with van der Waals surface area (Å²) in [4.78, 5) is 11.4. The van der Waals surface area contributed by atoms with Crippen LogP contribution in [0.4, 0.5) is 5.69 Å². The Kier molecular flexibility index (Phi) is 3.41. The Morgan fingerprint density at radius 3 is 2.53 bits per heavy atom. The third-order valence-corrected chi connectivity index (χ3v) is 3.06. The normalized spacial score (nSPS) is 9.89. The number of benzene rings is 2. The van der Waals surface area contributed by atoms with Gasteiger partial charge in [-0.25, -0.2) is 0 Å². The van der Waals surface area contributed by atoms with Gasteiger partial charge in [-0.15, -0.1) is 0 Å². The fourth-order valence-corrected chi connectivity index (χ4v) is 2.09. The highest BCUT2D eigenvalue weighted by Crippen LogP contribution is 2.33. The van der Waals surface area contributed by atoms with Crippen molar-refractivity contribution in [1.29, 1.82) is 5.26 Å². The molecule has 2 aromatic carbocycles. The molecule has 19 heavy (non-hydrogen) atoms. The molecule has 0 saturated carbocycles. The molecule has 0 atom stereocenters. The van der Waals surface area contributed by atoms with Crippen molar-refractivity contribution >= 4 is 23.2 Å². The topological polar surface area (TPSA) is 92.9 Å². The van der Waals surface area contributed by atoms with Crippen LogP contribution in [0.3, 0.4) is 0 Å². The first-order valence-corrected chi connectivity index (χ1v) is 5.80. The van der Waals surface area contributed by atoms with Crippen molar-refractivity contribution in [2.45, 2.75) is 0 Å². The second kappa shape index (κ2) is 5.01. The molecule has 0 aliphatic heterocycles. The van der Waals surface area contributed by atoms with E-state index in [1.54, 1.807) is 30.3 Å². The lowest BCUT2D eigenvalue weighted by Gasteiger charge is -2.10. The van der Waals surface area contributed by atoms with Crippen molar-refractivity contribution in [2.75, 3.05) is 5.73 Å². The molecule has 0 aliphatic carbocycles. The van der Waals surface area contributed by atoms with Crippen LogP contribution in [0.1, 0.15) is 15.9 Å². The summed E-state index contributed by atoms with van der Waals surface area (Å²) in [6, 6.07) is 11.8. The van der Waals surface area contributed by atoms with Crippen LogP contribution >= 0.6 is 11.6 Å². The number of carbonyl (C=O) groups is 1.